The molecule has 0 saturated carbocycles. The molecule has 0 radical (unpaired) electrons. The van der Waals surface area contributed by atoms with Crippen molar-refractivity contribution in [3.63, 3.8) is 0 Å². The van der Waals surface area contributed by atoms with Crippen LogP contribution in [0.5, 0.6) is 0 Å². The summed E-state index contributed by atoms with van der Waals surface area (Å²) in [6, 6.07) is -1.10. The number of carbonyl (C=O) groups is 4. The second kappa shape index (κ2) is 28.8. The fourth-order valence-electron chi connectivity index (χ4n) is 4.73. The average Bonchev–Trinajstić information content (AvgIpc) is 2.93. The van der Waals surface area contributed by atoms with Crippen molar-refractivity contribution in [1.82, 2.24) is 0 Å². The zero-order valence-electron chi connectivity index (χ0n) is 26.0. The van der Waals surface area contributed by atoms with Gasteiger partial charge in [-0.1, -0.05) is 142 Å². The summed E-state index contributed by atoms with van der Waals surface area (Å²) < 4.78 is 9.64. The summed E-state index contributed by atoms with van der Waals surface area (Å²) in [6.45, 7) is 4.45. The van der Waals surface area contributed by atoms with Crippen LogP contribution in [0.3, 0.4) is 0 Å². The third-order valence-corrected chi connectivity index (χ3v) is 7.37. The smallest absolute Gasteiger partial charge is 0.330 e. The normalized spacial score (nSPS) is 11.8. The van der Waals surface area contributed by atoms with Crippen molar-refractivity contribution in [3.05, 3.63) is 0 Å². The molecule has 0 aromatic heterocycles. The van der Waals surface area contributed by atoms with Crippen LogP contribution in [0.4, 0.5) is 0 Å². The first-order chi connectivity index (χ1) is 19.4. The number of hydrogen-bond donors (Lipinski definition) is 1. The van der Waals surface area contributed by atoms with E-state index in [1.807, 2.05) is 0 Å². The van der Waals surface area contributed by atoms with Gasteiger partial charge in [0, 0.05) is 19.3 Å². The zero-order valence-corrected chi connectivity index (χ0v) is 26.0. The Morgan fingerprint density at radius 2 is 0.750 bits per heavy atom. The standard InChI is InChI=1S/C33H61NO6/c1-3-5-7-9-11-13-15-17-19-21-23-25-30(35)39-32(37)28-27-29(34)33(38)40-31(36)26-24-22-20-18-16-14-12-10-8-6-4-2/h29H,3-28,34H2,1-2H3/t29-/m0/s1. The fourth-order valence-corrected chi connectivity index (χ4v) is 4.73. The van der Waals surface area contributed by atoms with E-state index in [1.165, 1.54) is 103 Å². The Balaban J connectivity index is 3.69. The number of carbonyl (C=O) groups excluding carboxylic acids is 4. The highest BCUT2D eigenvalue weighted by Gasteiger charge is 2.21. The summed E-state index contributed by atoms with van der Waals surface area (Å²) in [5.41, 5.74) is 5.76. The van der Waals surface area contributed by atoms with Crippen molar-refractivity contribution in [3.8, 4) is 0 Å². The van der Waals surface area contributed by atoms with Gasteiger partial charge < -0.3 is 15.2 Å². The van der Waals surface area contributed by atoms with Gasteiger partial charge in [-0.25, -0.2) is 4.79 Å². The average molecular weight is 568 g/mol. The molecule has 0 amide bonds. The Kier molecular flexibility index (Phi) is 27.5. The molecule has 2 N–H and O–H groups in total. The Labute approximate surface area is 245 Å². The van der Waals surface area contributed by atoms with E-state index in [0.29, 0.717) is 12.8 Å². The monoisotopic (exact) mass is 567 g/mol. The molecule has 7 nitrogen and oxygen atoms in total. The minimum Gasteiger partial charge on any atom is -0.393 e. The Hall–Kier alpha value is -1.76. The number of ether oxygens (including phenoxy) is 2. The lowest BCUT2D eigenvalue weighted by Gasteiger charge is -2.10. The number of hydrogen-bond acceptors (Lipinski definition) is 7. The van der Waals surface area contributed by atoms with Gasteiger partial charge in [0.2, 0.25) is 0 Å². The van der Waals surface area contributed by atoms with Crippen LogP contribution in [-0.2, 0) is 28.7 Å². The molecular formula is C33H61NO6. The molecular weight excluding hydrogens is 506 g/mol. The molecule has 7 heteroatoms. The van der Waals surface area contributed by atoms with Gasteiger partial charge in [-0.3, -0.25) is 14.4 Å². The minimum absolute atomic E-state index is 0.0326. The van der Waals surface area contributed by atoms with Crippen LogP contribution >= 0.6 is 0 Å². The fraction of sp³-hybridized carbons (Fsp3) is 0.879. The lowest BCUT2D eigenvalue weighted by Crippen LogP contribution is -2.34. The van der Waals surface area contributed by atoms with E-state index in [1.54, 1.807) is 0 Å². The van der Waals surface area contributed by atoms with Crippen LogP contribution in [0, 0.1) is 0 Å². The molecule has 40 heavy (non-hydrogen) atoms. The third kappa shape index (κ3) is 26.5. The summed E-state index contributed by atoms with van der Waals surface area (Å²) in [6.07, 6.45) is 26.2. The first-order valence-electron chi connectivity index (χ1n) is 16.6. The van der Waals surface area contributed by atoms with E-state index in [4.69, 9.17) is 15.2 Å². The first kappa shape index (κ1) is 38.2. The molecule has 0 rings (SSSR count). The molecule has 0 fully saturated rings. The molecule has 0 spiro atoms. The summed E-state index contributed by atoms with van der Waals surface area (Å²) in [4.78, 5) is 47.7. The number of unbranched alkanes of at least 4 members (excludes halogenated alkanes) is 20. The van der Waals surface area contributed by atoms with Crippen molar-refractivity contribution < 1.29 is 28.7 Å². The van der Waals surface area contributed by atoms with Gasteiger partial charge in [-0.05, 0) is 19.3 Å². The Morgan fingerprint density at radius 1 is 0.450 bits per heavy atom. The number of rotatable bonds is 28. The third-order valence-electron chi connectivity index (χ3n) is 7.37. The first-order valence-corrected chi connectivity index (χ1v) is 16.6. The van der Waals surface area contributed by atoms with Crippen LogP contribution in [0.15, 0.2) is 0 Å². The van der Waals surface area contributed by atoms with Gasteiger partial charge in [0.25, 0.3) is 0 Å². The van der Waals surface area contributed by atoms with Gasteiger partial charge >= 0.3 is 23.9 Å². The summed E-state index contributed by atoms with van der Waals surface area (Å²) in [7, 11) is 0. The van der Waals surface area contributed by atoms with E-state index in [2.05, 4.69) is 13.8 Å². The molecule has 0 bridgehead atoms. The highest BCUT2D eigenvalue weighted by Crippen LogP contribution is 2.14. The van der Waals surface area contributed by atoms with Crippen LogP contribution < -0.4 is 5.73 Å². The van der Waals surface area contributed by atoms with Crippen LogP contribution in [0.25, 0.3) is 0 Å². The SMILES string of the molecule is CCCCCCCCCCCCCC(=O)OC(=O)CC[C@H](N)C(=O)OC(=O)CCCCCCCCCCCCC. The number of esters is 4. The molecule has 0 aromatic carbocycles. The molecule has 0 heterocycles. The lowest BCUT2D eigenvalue weighted by molar-refractivity contribution is -0.160. The molecule has 0 saturated heterocycles. The molecule has 0 aliphatic rings. The van der Waals surface area contributed by atoms with Gasteiger partial charge in [-0.15, -0.1) is 0 Å². The largest absolute Gasteiger partial charge is 0.393 e. The van der Waals surface area contributed by atoms with Crippen LogP contribution in [-0.4, -0.2) is 29.9 Å². The maximum atomic E-state index is 12.0. The van der Waals surface area contributed by atoms with Crippen molar-refractivity contribution in [2.45, 2.75) is 187 Å². The quantitative estimate of drug-likeness (QED) is 0.0572. The predicted molar refractivity (Wildman–Crippen MR) is 162 cm³/mol. The highest BCUT2D eigenvalue weighted by atomic mass is 16.6. The molecule has 0 unspecified atom stereocenters. The summed E-state index contributed by atoms with van der Waals surface area (Å²) in [5, 5.41) is 0. The van der Waals surface area contributed by atoms with Crippen LogP contribution in [0.1, 0.15) is 181 Å². The predicted octanol–water partition coefficient (Wildman–Crippen LogP) is 8.64. The maximum absolute atomic E-state index is 12.0. The summed E-state index contributed by atoms with van der Waals surface area (Å²) in [5.74, 6) is -2.67. The molecule has 0 aliphatic carbocycles. The minimum atomic E-state index is -1.10. The molecule has 0 aliphatic heterocycles. The topological polar surface area (TPSA) is 113 Å². The second-order valence-corrected chi connectivity index (χ2v) is 11.4. The second-order valence-electron chi connectivity index (χ2n) is 11.4. The highest BCUT2D eigenvalue weighted by molar-refractivity contribution is 5.89. The van der Waals surface area contributed by atoms with E-state index >= 15 is 0 Å². The van der Waals surface area contributed by atoms with Gasteiger partial charge in [0.05, 0.1) is 0 Å². The van der Waals surface area contributed by atoms with Gasteiger partial charge in [-0.2, -0.15) is 0 Å². The lowest BCUT2D eigenvalue weighted by atomic mass is 10.1. The maximum Gasteiger partial charge on any atom is 0.330 e. The summed E-state index contributed by atoms with van der Waals surface area (Å²) >= 11 is 0. The van der Waals surface area contributed by atoms with Gasteiger partial charge in [0.1, 0.15) is 6.04 Å². The Morgan fingerprint density at radius 3 is 1.12 bits per heavy atom. The van der Waals surface area contributed by atoms with E-state index in [0.717, 1.165) is 25.7 Å². The van der Waals surface area contributed by atoms with Crippen molar-refractivity contribution in [2.24, 2.45) is 5.73 Å². The van der Waals surface area contributed by atoms with Crippen molar-refractivity contribution >= 4 is 23.9 Å². The van der Waals surface area contributed by atoms with E-state index in [9.17, 15) is 19.2 Å². The number of nitrogens with two attached hydrogens (primary N) is 1. The molecule has 0 aromatic rings. The van der Waals surface area contributed by atoms with Crippen molar-refractivity contribution in [2.75, 3.05) is 0 Å². The van der Waals surface area contributed by atoms with E-state index < -0.39 is 29.9 Å². The Bertz CT molecular complexity index is 651. The van der Waals surface area contributed by atoms with Gasteiger partial charge in [0.15, 0.2) is 0 Å². The molecule has 234 valence electrons. The molecule has 1 atom stereocenters. The van der Waals surface area contributed by atoms with E-state index in [-0.39, 0.29) is 25.7 Å². The van der Waals surface area contributed by atoms with Crippen LogP contribution in [0.2, 0.25) is 0 Å². The zero-order chi connectivity index (χ0) is 29.7. The van der Waals surface area contributed by atoms with Crippen molar-refractivity contribution in [1.29, 1.82) is 0 Å².